The predicted molar refractivity (Wildman–Crippen MR) is 46.7 cm³/mol. The number of rotatable bonds is 2. The molecule has 0 bridgehead atoms. The average molecular weight is 193 g/mol. The Morgan fingerprint density at radius 3 is 3.21 bits per heavy atom. The van der Waals surface area contributed by atoms with E-state index >= 15 is 0 Å². The maximum absolute atomic E-state index is 10.2. The quantitative estimate of drug-likeness (QED) is 0.742. The number of hydrogen-bond donors (Lipinski definition) is 2. The molecule has 0 aliphatic carbocycles. The molecule has 0 radical (unpaired) electrons. The van der Waals surface area contributed by atoms with Gasteiger partial charge in [0.1, 0.15) is 5.52 Å². The molecule has 6 heteroatoms. The number of hydrogen-bond acceptors (Lipinski definition) is 4. The summed E-state index contributed by atoms with van der Waals surface area (Å²) < 4.78 is 5.24. The van der Waals surface area contributed by atoms with Crippen LogP contribution < -0.4 is 5.32 Å². The number of carbonyl (C=O) groups is 1. The van der Waals surface area contributed by atoms with Crippen LogP contribution in [0.4, 0.5) is 4.79 Å². The number of carboxylic acid groups (broad SMARTS) is 1. The Labute approximate surface area is 78.6 Å². The van der Waals surface area contributed by atoms with Crippen molar-refractivity contribution in [2.45, 2.75) is 6.54 Å². The number of oxazole rings is 1. The van der Waals surface area contributed by atoms with Crippen molar-refractivity contribution < 1.29 is 14.3 Å². The first-order chi connectivity index (χ1) is 6.75. The molecule has 2 N–H and O–H groups in total. The molecule has 2 aromatic rings. The molecule has 0 saturated heterocycles. The van der Waals surface area contributed by atoms with E-state index in [9.17, 15) is 4.79 Å². The summed E-state index contributed by atoms with van der Waals surface area (Å²) in [6.45, 7) is 0.0595. The summed E-state index contributed by atoms with van der Waals surface area (Å²) in [5.41, 5.74) is 1.22. The average Bonchev–Trinajstić information content (AvgIpc) is 2.57. The molecule has 0 saturated carbocycles. The summed E-state index contributed by atoms with van der Waals surface area (Å²) in [5, 5.41) is 10.5. The number of pyridine rings is 1. The Balaban J connectivity index is 2.22. The van der Waals surface area contributed by atoms with Gasteiger partial charge in [0.2, 0.25) is 5.89 Å². The molecular weight excluding hydrogens is 186 g/mol. The summed E-state index contributed by atoms with van der Waals surface area (Å²) in [6.07, 6.45) is 2.04. The van der Waals surface area contributed by atoms with Gasteiger partial charge in [-0.25, -0.2) is 9.78 Å². The van der Waals surface area contributed by atoms with Gasteiger partial charge in [0.15, 0.2) is 5.58 Å². The third-order valence-electron chi connectivity index (χ3n) is 1.63. The normalized spacial score (nSPS) is 10.3. The minimum Gasteiger partial charge on any atom is -0.465 e. The first-order valence-corrected chi connectivity index (χ1v) is 3.92. The summed E-state index contributed by atoms with van der Waals surface area (Å²) >= 11 is 0. The van der Waals surface area contributed by atoms with Gasteiger partial charge < -0.3 is 14.8 Å². The standard InChI is InChI=1S/C8H7N3O3/c12-8(13)10-4-7-11-5-3-9-2-1-6(5)14-7/h1-3,10H,4H2,(H,12,13). The molecule has 0 fully saturated rings. The monoisotopic (exact) mass is 193 g/mol. The number of aromatic nitrogens is 2. The van der Waals surface area contributed by atoms with E-state index in [1.165, 1.54) is 0 Å². The van der Waals surface area contributed by atoms with Crippen LogP contribution >= 0.6 is 0 Å². The molecule has 0 spiro atoms. The largest absolute Gasteiger partial charge is 0.465 e. The zero-order chi connectivity index (χ0) is 9.97. The molecule has 14 heavy (non-hydrogen) atoms. The second-order valence-corrected chi connectivity index (χ2v) is 2.61. The Hall–Kier alpha value is -2.11. The lowest BCUT2D eigenvalue weighted by atomic mass is 10.4. The highest BCUT2D eigenvalue weighted by atomic mass is 16.4. The van der Waals surface area contributed by atoms with E-state index in [1.54, 1.807) is 18.5 Å². The van der Waals surface area contributed by atoms with Crippen molar-refractivity contribution in [3.8, 4) is 0 Å². The second-order valence-electron chi connectivity index (χ2n) is 2.61. The molecule has 72 valence electrons. The lowest BCUT2D eigenvalue weighted by molar-refractivity contribution is 0.193. The van der Waals surface area contributed by atoms with Crippen LogP contribution in [0.1, 0.15) is 5.89 Å². The zero-order valence-corrected chi connectivity index (χ0v) is 7.10. The van der Waals surface area contributed by atoms with E-state index in [0.29, 0.717) is 17.0 Å². The lowest BCUT2D eigenvalue weighted by Crippen LogP contribution is -2.19. The van der Waals surface area contributed by atoms with E-state index in [1.807, 2.05) is 0 Å². The molecule has 1 amide bonds. The third kappa shape index (κ3) is 1.63. The van der Waals surface area contributed by atoms with Crippen LogP contribution in [-0.2, 0) is 6.54 Å². The van der Waals surface area contributed by atoms with Gasteiger partial charge in [0.05, 0.1) is 12.7 Å². The maximum Gasteiger partial charge on any atom is 0.405 e. The van der Waals surface area contributed by atoms with E-state index < -0.39 is 6.09 Å². The van der Waals surface area contributed by atoms with Crippen molar-refractivity contribution in [2.75, 3.05) is 0 Å². The van der Waals surface area contributed by atoms with Crippen LogP contribution in [0.3, 0.4) is 0 Å². The third-order valence-corrected chi connectivity index (χ3v) is 1.63. The topological polar surface area (TPSA) is 88.2 Å². The summed E-state index contributed by atoms with van der Waals surface area (Å²) in [5.74, 6) is 0.329. The van der Waals surface area contributed by atoms with Gasteiger partial charge >= 0.3 is 6.09 Å². The fourth-order valence-electron chi connectivity index (χ4n) is 1.05. The first kappa shape index (κ1) is 8.49. The van der Waals surface area contributed by atoms with Crippen LogP contribution in [0.5, 0.6) is 0 Å². The van der Waals surface area contributed by atoms with Crippen molar-refractivity contribution in [1.29, 1.82) is 0 Å². The minimum absolute atomic E-state index is 0.0595. The van der Waals surface area contributed by atoms with E-state index in [2.05, 4.69) is 15.3 Å². The highest BCUT2D eigenvalue weighted by Gasteiger charge is 2.05. The molecule has 0 atom stereocenters. The molecule has 2 rings (SSSR count). The smallest absolute Gasteiger partial charge is 0.405 e. The van der Waals surface area contributed by atoms with Crippen molar-refractivity contribution >= 4 is 17.2 Å². The Morgan fingerprint density at radius 2 is 2.50 bits per heavy atom. The highest BCUT2D eigenvalue weighted by molar-refractivity contribution is 5.70. The first-order valence-electron chi connectivity index (χ1n) is 3.92. The summed E-state index contributed by atoms with van der Waals surface area (Å²) in [4.78, 5) is 18.1. The zero-order valence-electron chi connectivity index (χ0n) is 7.10. The second kappa shape index (κ2) is 3.33. The van der Waals surface area contributed by atoms with Crippen molar-refractivity contribution in [3.05, 3.63) is 24.4 Å². The predicted octanol–water partition coefficient (Wildman–Crippen LogP) is 0.990. The van der Waals surface area contributed by atoms with Crippen molar-refractivity contribution in [2.24, 2.45) is 0 Å². The van der Waals surface area contributed by atoms with Gasteiger partial charge in [-0.1, -0.05) is 0 Å². The van der Waals surface area contributed by atoms with Gasteiger partial charge in [0, 0.05) is 12.3 Å². The van der Waals surface area contributed by atoms with Crippen LogP contribution in [0.2, 0.25) is 0 Å². The van der Waals surface area contributed by atoms with Gasteiger partial charge in [0.25, 0.3) is 0 Å². The summed E-state index contributed by atoms with van der Waals surface area (Å²) in [7, 11) is 0. The summed E-state index contributed by atoms with van der Waals surface area (Å²) in [6, 6.07) is 1.67. The fourth-order valence-corrected chi connectivity index (χ4v) is 1.05. The van der Waals surface area contributed by atoms with Crippen LogP contribution in [0.25, 0.3) is 11.1 Å². The minimum atomic E-state index is -1.11. The number of nitrogens with zero attached hydrogens (tertiary/aromatic N) is 2. The van der Waals surface area contributed by atoms with Crippen LogP contribution in [-0.4, -0.2) is 21.2 Å². The van der Waals surface area contributed by atoms with E-state index in [4.69, 9.17) is 9.52 Å². The Bertz CT molecular complexity index is 433. The van der Waals surface area contributed by atoms with E-state index in [-0.39, 0.29) is 6.54 Å². The number of nitrogens with one attached hydrogen (secondary N) is 1. The van der Waals surface area contributed by atoms with Crippen molar-refractivity contribution in [3.63, 3.8) is 0 Å². The van der Waals surface area contributed by atoms with Gasteiger partial charge in [-0.2, -0.15) is 0 Å². The van der Waals surface area contributed by atoms with Gasteiger partial charge in [-0.15, -0.1) is 0 Å². The molecule has 0 unspecified atom stereocenters. The SMILES string of the molecule is O=C(O)NCc1nc2cnccc2o1. The fraction of sp³-hybridized carbons (Fsp3) is 0.125. The van der Waals surface area contributed by atoms with E-state index in [0.717, 1.165) is 0 Å². The molecular formula is C8H7N3O3. The Morgan fingerprint density at radius 1 is 1.64 bits per heavy atom. The molecule has 0 aromatic carbocycles. The number of amides is 1. The highest BCUT2D eigenvalue weighted by Crippen LogP contribution is 2.12. The molecule has 6 nitrogen and oxygen atoms in total. The number of fused-ring (bicyclic) bond motifs is 1. The molecule has 2 heterocycles. The van der Waals surface area contributed by atoms with Crippen LogP contribution in [0, 0.1) is 0 Å². The van der Waals surface area contributed by atoms with Gasteiger partial charge in [-0.05, 0) is 0 Å². The maximum atomic E-state index is 10.2. The molecule has 2 aromatic heterocycles. The van der Waals surface area contributed by atoms with Crippen LogP contribution in [0.15, 0.2) is 22.9 Å². The van der Waals surface area contributed by atoms with Crippen molar-refractivity contribution in [1.82, 2.24) is 15.3 Å². The lowest BCUT2D eigenvalue weighted by Gasteiger charge is -1.93. The van der Waals surface area contributed by atoms with Gasteiger partial charge in [-0.3, -0.25) is 4.98 Å². The molecule has 0 aliphatic rings. The molecule has 0 aliphatic heterocycles. The Kier molecular flexibility index (Phi) is 2.02.